The molecule has 0 fully saturated rings. The van der Waals surface area contributed by atoms with E-state index in [1.54, 1.807) is 18.2 Å². The molecule has 0 aliphatic rings. The number of esters is 1. The highest BCUT2D eigenvalue weighted by atomic mass is 32.1. The number of ketones is 1. The molecule has 0 bridgehead atoms. The van der Waals surface area contributed by atoms with Gasteiger partial charge < -0.3 is 4.74 Å². The zero-order chi connectivity index (χ0) is 18.5. The van der Waals surface area contributed by atoms with Gasteiger partial charge in [-0.2, -0.15) is 0 Å². The van der Waals surface area contributed by atoms with Crippen LogP contribution in [0.15, 0.2) is 60.7 Å². The molecular weight excluding hydrogens is 351 g/mol. The van der Waals surface area contributed by atoms with E-state index in [1.807, 2.05) is 30.3 Å². The molecule has 2 aromatic carbocycles. The van der Waals surface area contributed by atoms with Crippen LogP contribution in [0.5, 0.6) is 0 Å². The van der Waals surface area contributed by atoms with Crippen molar-refractivity contribution >= 4 is 23.1 Å². The third-order valence-corrected chi connectivity index (χ3v) is 5.09. The van der Waals surface area contributed by atoms with Crippen LogP contribution in [0.2, 0.25) is 0 Å². The van der Waals surface area contributed by atoms with Gasteiger partial charge in [-0.25, -0.2) is 9.18 Å². The van der Waals surface area contributed by atoms with Gasteiger partial charge in [0.1, 0.15) is 5.82 Å². The number of hydrogen-bond donors (Lipinski definition) is 0. The van der Waals surface area contributed by atoms with E-state index in [9.17, 15) is 14.0 Å². The van der Waals surface area contributed by atoms with Gasteiger partial charge >= 0.3 is 5.97 Å². The fraction of sp³-hybridized carbons (Fsp3) is 0.143. The van der Waals surface area contributed by atoms with Crippen LogP contribution >= 0.6 is 11.3 Å². The van der Waals surface area contributed by atoms with Gasteiger partial charge in [0.2, 0.25) is 0 Å². The fourth-order valence-corrected chi connectivity index (χ4v) is 3.82. The normalized spacial score (nSPS) is 10.5. The number of Topliss-reactive ketones (excluding diaryl/α,β-unsaturated/α-hetero) is 1. The predicted octanol–water partition coefficient (Wildman–Crippen LogP) is 4.69. The largest absolute Gasteiger partial charge is 0.465 e. The second kappa shape index (κ2) is 8.06. The van der Waals surface area contributed by atoms with Crippen LogP contribution in [0.1, 0.15) is 36.0 Å². The highest BCUT2D eigenvalue weighted by Gasteiger charge is 2.22. The quantitative estimate of drug-likeness (QED) is 0.468. The number of benzene rings is 2. The van der Waals surface area contributed by atoms with E-state index in [0.717, 1.165) is 10.4 Å². The first-order valence-corrected chi connectivity index (χ1v) is 8.91. The van der Waals surface area contributed by atoms with Crippen LogP contribution < -0.4 is 0 Å². The van der Waals surface area contributed by atoms with Crippen molar-refractivity contribution < 1.29 is 18.7 Å². The van der Waals surface area contributed by atoms with Crippen LogP contribution in [0, 0.1) is 5.82 Å². The van der Waals surface area contributed by atoms with E-state index < -0.39 is 5.97 Å². The molecule has 3 rings (SSSR count). The molecule has 0 atom stereocenters. The average Bonchev–Trinajstić information content (AvgIpc) is 3.06. The smallest absolute Gasteiger partial charge is 0.339 e. The number of halogens is 1. The zero-order valence-corrected chi connectivity index (χ0v) is 15.0. The van der Waals surface area contributed by atoms with Crippen LogP contribution in [0.3, 0.4) is 0 Å². The minimum atomic E-state index is -0.539. The lowest BCUT2D eigenvalue weighted by atomic mass is 10.1. The van der Waals surface area contributed by atoms with Gasteiger partial charge in [0.05, 0.1) is 17.6 Å². The Labute approximate surface area is 155 Å². The summed E-state index contributed by atoms with van der Waals surface area (Å²) < 4.78 is 18.2. The van der Waals surface area contributed by atoms with Gasteiger partial charge in [-0.3, -0.25) is 4.79 Å². The highest BCUT2D eigenvalue weighted by Crippen LogP contribution is 2.27. The van der Waals surface area contributed by atoms with E-state index in [1.165, 1.54) is 30.6 Å². The molecular formula is C21H17FO3S. The monoisotopic (exact) mass is 368 g/mol. The zero-order valence-electron chi connectivity index (χ0n) is 14.2. The topological polar surface area (TPSA) is 43.4 Å². The maximum atomic E-state index is 13.3. The van der Waals surface area contributed by atoms with Gasteiger partial charge in [-0.05, 0) is 29.3 Å². The maximum Gasteiger partial charge on any atom is 0.339 e. The number of ether oxygens (including phenoxy) is 1. The Morgan fingerprint density at radius 1 is 1.00 bits per heavy atom. The van der Waals surface area contributed by atoms with E-state index >= 15 is 0 Å². The Hall–Kier alpha value is -2.79. The summed E-state index contributed by atoms with van der Waals surface area (Å²) in [7, 11) is 1.29. The predicted molar refractivity (Wildman–Crippen MR) is 99.3 cm³/mol. The fourth-order valence-electron chi connectivity index (χ4n) is 2.71. The van der Waals surface area contributed by atoms with Crippen LogP contribution in [0.25, 0.3) is 0 Å². The van der Waals surface area contributed by atoms with Gasteiger partial charge in [0, 0.05) is 17.7 Å². The molecule has 0 N–H and O–H groups in total. The number of carbonyl (C=O) groups is 2. The lowest BCUT2D eigenvalue weighted by Crippen LogP contribution is -2.09. The average molecular weight is 368 g/mol. The molecule has 1 heterocycles. The second-order valence-corrected chi connectivity index (χ2v) is 6.98. The molecule has 0 spiro atoms. The Balaban J connectivity index is 1.88. The number of methoxy groups -OCH3 is 1. The summed E-state index contributed by atoms with van der Waals surface area (Å²) in [5, 5.41) is 0. The first-order chi connectivity index (χ1) is 12.6. The molecule has 5 heteroatoms. The summed E-state index contributed by atoms with van der Waals surface area (Å²) in [6.45, 7) is 0. The maximum absolute atomic E-state index is 13.3. The molecule has 0 aliphatic heterocycles. The third kappa shape index (κ3) is 4.24. The van der Waals surface area contributed by atoms with Gasteiger partial charge in [-0.1, -0.05) is 42.5 Å². The number of carbonyl (C=O) groups excluding carboxylic acids is 2. The highest BCUT2D eigenvalue weighted by molar-refractivity contribution is 7.14. The Morgan fingerprint density at radius 2 is 1.73 bits per heavy atom. The first-order valence-electron chi connectivity index (χ1n) is 8.09. The van der Waals surface area contributed by atoms with Crippen molar-refractivity contribution in [1.82, 2.24) is 0 Å². The van der Waals surface area contributed by atoms with Gasteiger partial charge in [0.25, 0.3) is 0 Å². The summed E-state index contributed by atoms with van der Waals surface area (Å²) in [5.41, 5.74) is 1.93. The minimum absolute atomic E-state index is 0.0348. The van der Waals surface area contributed by atoms with E-state index in [4.69, 9.17) is 4.74 Å². The van der Waals surface area contributed by atoms with Gasteiger partial charge in [-0.15, -0.1) is 11.3 Å². The van der Waals surface area contributed by atoms with Crippen molar-refractivity contribution in [2.75, 3.05) is 7.11 Å². The molecule has 3 aromatic rings. The third-order valence-electron chi connectivity index (χ3n) is 3.92. The molecule has 0 unspecified atom stereocenters. The van der Waals surface area contributed by atoms with Crippen LogP contribution in [0.4, 0.5) is 4.39 Å². The van der Waals surface area contributed by atoms with Crippen LogP contribution in [-0.4, -0.2) is 18.9 Å². The molecule has 0 saturated heterocycles. The molecule has 132 valence electrons. The molecule has 26 heavy (non-hydrogen) atoms. The van der Waals surface area contributed by atoms with Crippen LogP contribution in [-0.2, 0) is 17.6 Å². The summed E-state index contributed by atoms with van der Waals surface area (Å²) in [6, 6.07) is 17.4. The lowest BCUT2D eigenvalue weighted by Gasteiger charge is -2.02. The van der Waals surface area contributed by atoms with Crippen molar-refractivity contribution in [2.24, 2.45) is 0 Å². The summed E-state index contributed by atoms with van der Waals surface area (Å²) >= 11 is 1.29. The van der Waals surface area contributed by atoms with Crippen molar-refractivity contribution in [2.45, 2.75) is 12.8 Å². The van der Waals surface area contributed by atoms with Crippen molar-refractivity contribution in [3.63, 3.8) is 0 Å². The Bertz CT molecular complexity index is 931. The Kier molecular flexibility index (Phi) is 5.58. The second-order valence-electron chi connectivity index (χ2n) is 5.84. The summed E-state index contributed by atoms with van der Waals surface area (Å²) in [4.78, 5) is 26.1. The molecule has 0 amide bonds. The number of hydrogen-bond acceptors (Lipinski definition) is 4. The first kappa shape index (κ1) is 18.0. The standard InChI is InChI=1S/C21H17FO3S/c1-25-21(24)18-13-17(11-14-6-3-2-4-7-14)26-20(18)19(23)12-15-8-5-9-16(22)10-15/h2-10,13H,11-12H2,1H3. The van der Waals surface area contributed by atoms with E-state index in [-0.39, 0.29) is 23.6 Å². The summed E-state index contributed by atoms with van der Waals surface area (Å²) in [5.74, 6) is -1.15. The SMILES string of the molecule is COC(=O)c1cc(Cc2ccccc2)sc1C(=O)Cc1cccc(F)c1. The molecule has 0 radical (unpaired) electrons. The molecule has 3 nitrogen and oxygen atoms in total. The summed E-state index contributed by atoms with van der Waals surface area (Å²) in [6.07, 6.45) is 0.662. The Morgan fingerprint density at radius 3 is 2.42 bits per heavy atom. The molecule has 0 aliphatic carbocycles. The molecule has 0 saturated carbocycles. The lowest BCUT2D eigenvalue weighted by molar-refractivity contribution is 0.0598. The minimum Gasteiger partial charge on any atom is -0.465 e. The van der Waals surface area contributed by atoms with E-state index in [2.05, 4.69) is 0 Å². The number of rotatable bonds is 6. The molecule has 1 aromatic heterocycles. The van der Waals surface area contributed by atoms with E-state index in [0.29, 0.717) is 16.9 Å². The van der Waals surface area contributed by atoms with Crippen molar-refractivity contribution in [3.05, 3.63) is 92.9 Å². The van der Waals surface area contributed by atoms with Gasteiger partial charge in [0.15, 0.2) is 5.78 Å². The van der Waals surface area contributed by atoms with Crippen molar-refractivity contribution in [1.29, 1.82) is 0 Å². The van der Waals surface area contributed by atoms with Crippen molar-refractivity contribution in [3.8, 4) is 0 Å². The number of thiophene rings is 1.